The van der Waals surface area contributed by atoms with E-state index in [0.717, 1.165) is 51.6 Å². The van der Waals surface area contributed by atoms with Crippen molar-refractivity contribution in [3.8, 4) is 0 Å². The second-order valence-electron chi connectivity index (χ2n) is 6.47. The minimum absolute atomic E-state index is 0.574. The van der Waals surface area contributed by atoms with Crippen molar-refractivity contribution in [2.45, 2.75) is 19.0 Å². The molecular weight excluding hydrogens is 325 g/mol. The first-order valence-electron chi connectivity index (χ1n) is 8.71. The summed E-state index contributed by atoms with van der Waals surface area (Å²) in [6, 6.07) is 16.1. The Balaban J connectivity index is 1.47. The van der Waals surface area contributed by atoms with Gasteiger partial charge in [0.2, 0.25) is 0 Å². The fraction of sp³-hybridized carbons (Fsp3) is 0.400. The number of benzene rings is 2. The molecule has 0 N–H and O–H groups in total. The Kier molecular flexibility index (Phi) is 5.63. The minimum atomic E-state index is -4.28. The first-order valence-corrected chi connectivity index (χ1v) is 8.71. The van der Waals surface area contributed by atoms with Crippen LogP contribution in [0.1, 0.15) is 17.5 Å². The number of alkyl halides is 3. The summed E-state index contributed by atoms with van der Waals surface area (Å²) in [4.78, 5) is 4.44. The topological polar surface area (TPSA) is 6.48 Å². The van der Waals surface area contributed by atoms with Gasteiger partial charge < -0.3 is 4.90 Å². The molecule has 0 aromatic heterocycles. The molecule has 134 valence electrons. The summed E-state index contributed by atoms with van der Waals surface area (Å²) in [5.41, 5.74) is 1.44. The third-order valence-electron chi connectivity index (χ3n) is 4.69. The zero-order valence-electron chi connectivity index (χ0n) is 14.2. The van der Waals surface area contributed by atoms with Crippen LogP contribution in [0.25, 0.3) is 0 Å². The summed E-state index contributed by atoms with van der Waals surface area (Å²) in [6.07, 6.45) is -2.11. The van der Waals surface area contributed by atoms with Crippen molar-refractivity contribution in [1.82, 2.24) is 4.90 Å². The number of hydrogen-bond donors (Lipinski definition) is 0. The van der Waals surface area contributed by atoms with Crippen LogP contribution in [0.15, 0.2) is 54.6 Å². The van der Waals surface area contributed by atoms with E-state index < -0.39 is 11.7 Å². The van der Waals surface area contributed by atoms with Crippen LogP contribution in [0.2, 0.25) is 0 Å². The van der Waals surface area contributed by atoms with Crippen LogP contribution in [-0.2, 0) is 12.6 Å². The summed E-state index contributed by atoms with van der Waals surface area (Å²) in [7, 11) is 0. The van der Waals surface area contributed by atoms with Crippen molar-refractivity contribution in [3.63, 3.8) is 0 Å². The minimum Gasteiger partial charge on any atom is -0.369 e. The molecule has 0 radical (unpaired) electrons. The number of nitrogens with zero attached hydrogens (tertiary/aromatic N) is 2. The molecular formula is C20H23F3N2. The van der Waals surface area contributed by atoms with E-state index in [4.69, 9.17) is 0 Å². The zero-order valence-corrected chi connectivity index (χ0v) is 14.2. The van der Waals surface area contributed by atoms with Crippen LogP contribution in [0.5, 0.6) is 0 Å². The van der Waals surface area contributed by atoms with E-state index in [9.17, 15) is 13.2 Å². The zero-order chi connectivity index (χ0) is 17.7. The van der Waals surface area contributed by atoms with Gasteiger partial charge in [0.05, 0.1) is 5.56 Å². The van der Waals surface area contributed by atoms with Gasteiger partial charge >= 0.3 is 6.18 Å². The average molecular weight is 348 g/mol. The van der Waals surface area contributed by atoms with Gasteiger partial charge in [0, 0.05) is 31.9 Å². The lowest BCUT2D eigenvalue weighted by Crippen LogP contribution is -2.46. The predicted octanol–water partition coefficient (Wildman–Crippen LogP) is 4.46. The van der Waals surface area contributed by atoms with Crippen molar-refractivity contribution in [2.75, 3.05) is 37.6 Å². The molecule has 0 amide bonds. The second-order valence-corrected chi connectivity index (χ2v) is 6.47. The second kappa shape index (κ2) is 7.91. The molecule has 0 atom stereocenters. The van der Waals surface area contributed by atoms with E-state index in [1.54, 1.807) is 6.07 Å². The molecule has 1 heterocycles. The van der Waals surface area contributed by atoms with Gasteiger partial charge in [-0.25, -0.2) is 0 Å². The average Bonchev–Trinajstić information content (AvgIpc) is 2.63. The van der Waals surface area contributed by atoms with Crippen molar-refractivity contribution in [3.05, 3.63) is 65.7 Å². The number of aryl methyl sites for hydroxylation is 1. The van der Waals surface area contributed by atoms with Crippen LogP contribution >= 0.6 is 0 Å². The summed E-state index contributed by atoms with van der Waals surface area (Å²) in [6.45, 7) is 4.36. The third kappa shape index (κ3) is 4.98. The predicted molar refractivity (Wildman–Crippen MR) is 94.9 cm³/mol. The molecule has 2 nitrogen and oxygen atoms in total. The van der Waals surface area contributed by atoms with Crippen LogP contribution in [0, 0.1) is 0 Å². The Morgan fingerprint density at radius 3 is 2.24 bits per heavy atom. The lowest BCUT2D eigenvalue weighted by Gasteiger charge is -2.36. The smallest absolute Gasteiger partial charge is 0.369 e. The van der Waals surface area contributed by atoms with Crippen molar-refractivity contribution in [1.29, 1.82) is 0 Å². The molecule has 1 aliphatic rings. The van der Waals surface area contributed by atoms with Crippen molar-refractivity contribution < 1.29 is 13.2 Å². The Hall–Kier alpha value is -2.01. The molecule has 1 fully saturated rings. The molecule has 1 saturated heterocycles. The number of rotatable bonds is 5. The first kappa shape index (κ1) is 17.8. The summed E-state index contributed by atoms with van der Waals surface area (Å²) in [5.74, 6) is 0. The van der Waals surface area contributed by atoms with Gasteiger partial charge in [0.1, 0.15) is 0 Å². The molecule has 0 bridgehead atoms. The highest BCUT2D eigenvalue weighted by Gasteiger charge is 2.31. The molecule has 5 heteroatoms. The van der Waals surface area contributed by atoms with E-state index in [1.165, 1.54) is 17.7 Å². The molecule has 2 aromatic carbocycles. The maximum atomic E-state index is 12.8. The van der Waals surface area contributed by atoms with Gasteiger partial charge in [-0.2, -0.15) is 13.2 Å². The largest absolute Gasteiger partial charge is 0.416 e. The van der Waals surface area contributed by atoms with E-state index >= 15 is 0 Å². The molecule has 0 aliphatic carbocycles. The molecule has 0 unspecified atom stereocenters. The lowest BCUT2D eigenvalue weighted by molar-refractivity contribution is -0.137. The Morgan fingerprint density at radius 2 is 1.56 bits per heavy atom. The van der Waals surface area contributed by atoms with Gasteiger partial charge in [0.15, 0.2) is 0 Å². The van der Waals surface area contributed by atoms with Crippen LogP contribution in [-0.4, -0.2) is 37.6 Å². The molecule has 0 saturated carbocycles. The first-order chi connectivity index (χ1) is 12.0. The Morgan fingerprint density at radius 1 is 0.840 bits per heavy atom. The molecule has 2 aromatic rings. The van der Waals surface area contributed by atoms with Crippen molar-refractivity contribution in [2.24, 2.45) is 0 Å². The highest BCUT2D eigenvalue weighted by atomic mass is 19.4. The lowest BCUT2D eigenvalue weighted by atomic mass is 10.1. The van der Waals surface area contributed by atoms with E-state index in [1.807, 2.05) is 11.0 Å². The van der Waals surface area contributed by atoms with Gasteiger partial charge in [-0.1, -0.05) is 36.4 Å². The van der Waals surface area contributed by atoms with E-state index in [0.29, 0.717) is 5.69 Å². The molecule has 0 spiro atoms. The third-order valence-corrected chi connectivity index (χ3v) is 4.69. The van der Waals surface area contributed by atoms with Gasteiger partial charge in [-0.3, -0.25) is 4.90 Å². The molecule has 1 aliphatic heterocycles. The number of halogens is 3. The maximum Gasteiger partial charge on any atom is 0.416 e. The molecule has 25 heavy (non-hydrogen) atoms. The standard InChI is InChI=1S/C20H23F3N2/c21-20(22,23)18-9-4-10-19(16-18)25-14-12-24(13-15-25)11-5-8-17-6-2-1-3-7-17/h1-4,6-7,9-10,16H,5,8,11-15H2. The van der Waals surface area contributed by atoms with Gasteiger partial charge in [-0.15, -0.1) is 0 Å². The summed E-state index contributed by atoms with van der Waals surface area (Å²) < 4.78 is 38.5. The summed E-state index contributed by atoms with van der Waals surface area (Å²) in [5, 5.41) is 0. The fourth-order valence-corrected chi connectivity index (χ4v) is 3.26. The quantitative estimate of drug-likeness (QED) is 0.787. The highest BCUT2D eigenvalue weighted by molar-refractivity contribution is 5.49. The van der Waals surface area contributed by atoms with Crippen LogP contribution in [0.4, 0.5) is 18.9 Å². The van der Waals surface area contributed by atoms with Crippen molar-refractivity contribution >= 4 is 5.69 Å². The van der Waals surface area contributed by atoms with E-state index in [-0.39, 0.29) is 0 Å². The number of hydrogen-bond acceptors (Lipinski definition) is 2. The van der Waals surface area contributed by atoms with Crippen LogP contribution in [0.3, 0.4) is 0 Å². The Bertz CT molecular complexity index is 662. The van der Waals surface area contributed by atoms with Gasteiger partial charge in [0.25, 0.3) is 0 Å². The Labute approximate surface area is 146 Å². The van der Waals surface area contributed by atoms with E-state index in [2.05, 4.69) is 29.2 Å². The van der Waals surface area contributed by atoms with Gasteiger partial charge in [-0.05, 0) is 43.1 Å². The number of piperazine rings is 1. The maximum absolute atomic E-state index is 12.8. The van der Waals surface area contributed by atoms with Crippen LogP contribution < -0.4 is 4.90 Å². The fourth-order valence-electron chi connectivity index (χ4n) is 3.26. The number of anilines is 1. The normalized spacial score (nSPS) is 16.2. The SMILES string of the molecule is FC(F)(F)c1cccc(N2CCN(CCCc3ccccc3)CC2)c1. The summed E-state index contributed by atoms with van der Waals surface area (Å²) >= 11 is 0. The molecule has 3 rings (SSSR count). The highest BCUT2D eigenvalue weighted by Crippen LogP contribution is 2.31. The monoisotopic (exact) mass is 348 g/mol.